The van der Waals surface area contributed by atoms with Crippen LogP contribution in [0.2, 0.25) is 0 Å². The van der Waals surface area contributed by atoms with E-state index in [2.05, 4.69) is 60.2 Å². The number of nitrogens with one attached hydrogen (secondary N) is 1. The Morgan fingerprint density at radius 1 is 1.19 bits per heavy atom. The van der Waals surface area contributed by atoms with Crippen molar-refractivity contribution in [1.82, 2.24) is 5.32 Å². The van der Waals surface area contributed by atoms with Crippen molar-refractivity contribution in [3.63, 3.8) is 0 Å². The maximum Gasteiger partial charge on any atom is 0.123 e. The van der Waals surface area contributed by atoms with Crippen LogP contribution in [0.1, 0.15) is 52.0 Å². The van der Waals surface area contributed by atoms with Gasteiger partial charge in [0.2, 0.25) is 0 Å². The molecule has 1 aliphatic carbocycles. The van der Waals surface area contributed by atoms with Crippen LogP contribution in [0.15, 0.2) is 22.7 Å². The molecule has 2 unspecified atom stereocenters. The fourth-order valence-electron chi connectivity index (χ4n) is 3.41. The van der Waals surface area contributed by atoms with Crippen LogP contribution in [-0.4, -0.2) is 12.6 Å². The molecular formula is C18H28BrNO. The summed E-state index contributed by atoms with van der Waals surface area (Å²) in [7, 11) is 0. The third-order valence-corrected chi connectivity index (χ3v) is 4.74. The zero-order valence-electron chi connectivity index (χ0n) is 13.5. The van der Waals surface area contributed by atoms with Gasteiger partial charge in [0.15, 0.2) is 0 Å². The highest BCUT2D eigenvalue weighted by Crippen LogP contribution is 2.29. The molecule has 1 aromatic rings. The highest BCUT2D eigenvalue weighted by Gasteiger charge is 2.23. The van der Waals surface area contributed by atoms with Crippen molar-refractivity contribution in [2.45, 2.75) is 59.0 Å². The second-order valence-corrected chi connectivity index (χ2v) is 7.51. The summed E-state index contributed by atoms with van der Waals surface area (Å²) >= 11 is 3.57. The standard InChI is InChI=1S/C18H28BrNO/c1-4-7-21-18-6-5-16(19)11-15(18)12-20-17-9-13(2)8-14(3)10-17/h5-6,11,13-14,17,20H,4,7-10,12H2,1-3H3. The molecule has 0 saturated heterocycles. The molecule has 0 spiro atoms. The predicted molar refractivity (Wildman–Crippen MR) is 92.7 cm³/mol. The van der Waals surface area contributed by atoms with Gasteiger partial charge in [-0.2, -0.15) is 0 Å². The monoisotopic (exact) mass is 353 g/mol. The van der Waals surface area contributed by atoms with Gasteiger partial charge >= 0.3 is 0 Å². The van der Waals surface area contributed by atoms with Gasteiger partial charge < -0.3 is 10.1 Å². The van der Waals surface area contributed by atoms with Crippen molar-refractivity contribution < 1.29 is 4.74 Å². The Morgan fingerprint density at radius 3 is 2.57 bits per heavy atom. The summed E-state index contributed by atoms with van der Waals surface area (Å²) < 4.78 is 6.98. The van der Waals surface area contributed by atoms with E-state index in [9.17, 15) is 0 Å². The van der Waals surface area contributed by atoms with Crippen molar-refractivity contribution in [2.24, 2.45) is 11.8 Å². The van der Waals surface area contributed by atoms with Crippen LogP contribution in [0.25, 0.3) is 0 Å². The van der Waals surface area contributed by atoms with E-state index in [0.717, 1.165) is 41.6 Å². The van der Waals surface area contributed by atoms with Crippen LogP contribution in [0.5, 0.6) is 5.75 Å². The molecule has 1 aromatic carbocycles. The SMILES string of the molecule is CCCOc1ccc(Br)cc1CNC1CC(C)CC(C)C1. The number of halogens is 1. The Hall–Kier alpha value is -0.540. The summed E-state index contributed by atoms with van der Waals surface area (Å²) in [4.78, 5) is 0. The number of hydrogen-bond donors (Lipinski definition) is 1. The zero-order chi connectivity index (χ0) is 15.2. The lowest BCUT2D eigenvalue weighted by Gasteiger charge is -2.32. The molecule has 3 heteroatoms. The first-order valence-electron chi connectivity index (χ1n) is 8.23. The van der Waals surface area contributed by atoms with Gasteiger partial charge in [0, 0.05) is 22.6 Å². The molecule has 2 atom stereocenters. The van der Waals surface area contributed by atoms with Crippen LogP contribution in [0.4, 0.5) is 0 Å². The Balaban J connectivity index is 1.96. The molecule has 0 radical (unpaired) electrons. The highest BCUT2D eigenvalue weighted by molar-refractivity contribution is 9.10. The minimum atomic E-state index is 0.641. The molecule has 118 valence electrons. The van der Waals surface area contributed by atoms with Gasteiger partial charge in [0.05, 0.1) is 6.61 Å². The summed E-state index contributed by atoms with van der Waals surface area (Å²) in [6, 6.07) is 6.94. The molecule has 0 aromatic heterocycles. The number of benzene rings is 1. The molecule has 1 aliphatic rings. The lowest BCUT2D eigenvalue weighted by molar-refractivity contribution is 0.237. The van der Waals surface area contributed by atoms with Crippen molar-refractivity contribution >= 4 is 15.9 Å². The van der Waals surface area contributed by atoms with E-state index in [0.29, 0.717) is 6.04 Å². The minimum absolute atomic E-state index is 0.641. The summed E-state index contributed by atoms with van der Waals surface area (Å²) in [6.07, 6.45) is 5.01. The van der Waals surface area contributed by atoms with E-state index in [-0.39, 0.29) is 0 Å². The first-order chi connectivity index (χ1) is 10.1. The van der Waals surface area contributed by atoms with Crippen molar-refractivity contribution in [2.75, 3.05) is 6.61 Å². The van der Waals surface area contributed by atoms with Gasteiger partial charge in [-0.05, 0) is 55.7 Å². The number of ether oxygens (including phenoxy) is 1. The van der Waals surface area contributed by atoms with E-state index in [4.69, 9.17) is 4.74 Å². The third kappa shape index (κ3) is 5.30. The van der Waals surface area contributed by atoms with Gasteiger partial charge in [-0.1, -0.05) is 36.7 Å². The van der Waals surface area contributed by atoms with E-state index >= 15 is 0 Å². The smallest absolute Gasteiger partial charge is 0.123 e. The molecule has 2 rings (SSSR count). The molecular weight excluding hydrogens is 326 g/mol. The molecule has 0 amide bonds. The highest BCUT2D eigenvalue weighted by atomic mass is 79.9. The molecule has 0 heterocycles. The summed E-state index contributed by atoms with van der Waals surface area (Å²) in [5, 5.41) is 3.74. The van der Waals surface area contributed by atoms with Crippen LogP contribution in [0, 0.1) is 11.8 Å². The summed E-state index contributed by atoms with van der Waals surface area (Å²) in [6.45, 7) is 8.56. The Labute approximate surface area is 137 Å². The van der Waals surface area contributed by atoms with E-state index < -0.39 is 0 Å². The minimum Gasteiger partial charge on any atom is -0.493 e. The normalized spacial score (nSPS) is 25.8. The third-order valence-electron chi connectivity index (χ3n) is 4.24. The zero-order valence-corrected chi connectivity index (χ0v) is 15.1. The second kappa shape index (κ2) is 8.19. The van der Waals surface area contributed by atoms with Crippen molar-refractivity contribution in [3.8, 4) is 5.75 Å². The molecule has 1 fully saturated rings. The van der Waals surface area contributed by atoms with Gasteiger partial charge in [-0.15, -0.1) is 0 Å². The first-order valence-corrected chi connectivity index (χ1v) is 9.02. The molecule has 21 heavy (non-hydrogen) atoms. The van der Waals surface area contributed by atoms with Gasteiger partial charge in [-0.3, -0.25) is 0 Å². The Morgan fingerprint density at radius 2 is 1.90 bits per heavy atom. The summed E-state index contributed by atoms with van der Waals surface area (Å²) in [5.74, 6) is 2.69. The van der Waals surface area contributed by atoms with E-state index in [1.54, 1.807) is 0 Å². The number of rotatable bonds is 6. The largest absolute Gasteiger partial charge is 0.493 e. The van der Waals surface area contributed by atoms with E-state index in [1.165, 1.54) is 24.8 Å². The maximum atomic E-state index is 5.86. The predicted octanol–water partition coefficient (Wildman–Crippen LogP) is 5.15. The topological polar surface area (TPSA) is 21.3 Å². The van der Waals surface area contributed by atoms with Gasteiger partial charge in [0.25, 0.3) is 0 Å². The number of hydrogen-bond acceptors (Lipinski definition) is 2. The van der Waals surface area contributed by atoms with Crippen LogP contribution < -0.4 is 10.1 Å². The van der Waals surface area contributed by atoms with Crippen LogP contribution >= 0.6 is 15.9 Å². The average Bonchev–Trinajstić information content (AvgIpc) is 2.43. The molecule has 0 aliphatic heterocycles. The first kappa shape index (κ1) is 16.8. The van der Waals surface area contributed by atoms with Gasteiger partial charge in [-0.25, -0.2) is 0 Å². The fourth-order valence-corrected chi connectivity index (χ4v) is 3.82. The lowest BCUT2D eigenvalue weighted by Crippen LogP contribution is -2.36. The molecule has 1 saturated carbocycles. The lowest BCUT2D eigenvalue weighted by atomic mass is 9.80. The molecule has 2 nitrogen and oxygen atoms in total. The van der Waals surface area contributed by atoms with Crippen LogP contribution in [-0.2, 0) is 6.54 Å². The van der Waals surface area contributed by atoms with E-state index in [1.807, 2.05) is 0 Å². The summed E-state index contributed by atoms with van der Waals surface area (Å²) in [5.41, 5.74) is 1.25. The maximum absolute atomic E-state index is 5.86. The Kier molecular flexibility index (Phi) is 6.56. The van der Waals surface area contributed by atoms with Gasteiger partial charge in [0.1, 0.15) is 5.75 Å². The second-order valence-electron chi connectivity index (χ2n) is 6.60. The average molecular weight is 354 g/mol. The van der Waals surface area contributed by atoms with Crippen molar-refractivity contribution in [3.05, 3.63) is 28.2 Å². The Bertz CT molecular complexity index is 439. The van der Waals surface area contributed by atoms with Crippen LogP contribution in [0.3, 0.4) is 0 Å². The molecule has 1 N–H and O–H groups in total. The quantitative estimate of drug-likeness (QED) is 0.763. The van der Waals surface area contributed by atoms with Crippen molar-refractivity contribution in [1.29, 1.82) is 0 Å². The molecule has 0 bridgehead atoms. The fraction of sp³-hybridized carbons (Fsp3) is 0.667.